The number of alkyl halides is 3. The summed E-state index contributed by atoms with van der Waals surface area (Å²) in [5.41, 5.74) is 1.88. The molecule has 1 saturated carbocycles. The van der Waals surface area contributed by atoms with Crippen LogP contribution in [0.25, 0.3) is 0 Å². The first-order valence-corrected chi connectivity index (χ1v) is 10.1. The van der Waals surface area contributed by atoms with Gasteiger partial charge < -0.3 is 15.0 Å². The van der Waals surface area contributed by atoms with Gasteiger partial charge in [0.2, 0.25) is 0 Å². The van der Waals surface area contributed by atoms with Crippen molar-refractivity contribution in [1.82, 2.24) is 9.97 Å². The van der Waals surface area contributed by atoms with E-state index < -0.39 is 6.36 Å². The average molecular weight is 406 g/mol. The van der Waals surface area contributed by atoms with E-state index in [1.807, 2.05) is 6.07 Å². The van der Waals surface area contributed by atoms with Crippen molar-refractivity contribution in [3.05, 3.63) is 41.2 Å². The van der Waals surface area contributed by atoms with E-state index in [4.69, 9.17) is 9.97 Å². The summed E-state index contributed by atoms with van der Waals surface area (Å²) in [7, 11) is 0. The van der Waals surface area contributed by atoms with Gasteiger partial charge in [-0.3, -0.25) is 0 Å². The predicted octanol–water partition coefficient (Wildman–Crippen LogP) is 5.03. The fraction of sp³-hybridized carbons (Fsp3) is 0.524. The highest BCUT2D eigenvalue weighted by Crippen LogP contribution is 2.39. The Morgan fingerprint density at radius 1 is 1.21 bits per heavy atom. The lowest BCUT2D eigenvalue weighted by Crippen LogP contribution is -2.31. The molecular formula is C21H25F3N4O. The molecule has 0 saturated heterocycles. The maximum atomic E-state index is 12.5. The zero-order valence-electron chi connectivity index (χ0n) is 16.6. The van der Waals surface area contributed by atoms with E-state index in [9.17, 15) is 13.2 Å². The third-order valence-electron chi connectivity index (χ3n) is 5.43. The molecule has 1 N–H and O–H groups in total. The molecular weight excluding hydrogens is 381 g/mol. The topological polar surface area (TPSA) is 50.3 Å². The lowest BCUT2D eigenvalue weighted by Gasteiger charge is -2.30. The molecule has 4 rings (SSSR count). The van der Waals surface area contributed by atoms with Crippen LogP contribution in [0.3, 0.4) is 0 Å². The first kappa shape index (κ1) is 19.8. The smallest absolute Gasteiger partial charge is 0.406 e. The van der Waals surface area contributed by atoms with Gasteiger partial charge in [-0.2, -0.15) is 0 Å². The minimum Gasteiger partial charge on any atom is -0.406 e. The predicted molar refractivity (Wildman–Crippen MR) is 105 cm³/mol. The number of halogens is 3. The van der Waals surface area contributed by atoms with E-state index in [2.05, 4.69) is 28.8 Å². The van der Waals surface area contributed by atoms with Gasteiger partial charge in [-0.15, -0.1) is 13.2 Å². The van der Waals surface area contributed by atoms with E-state index in [-0.39, 0.29) is 5.75 Å². The number of ether oxygens (including phenoxy) is 1. The number of hydrogen-bond donors (Lipinski definition) is 1. The summed E-state index contributed by atoms with van der Waals surface area (Å²) in [5.74, 6) is 2.86. The molecule has 2 aliphatic rings. The molecule has 2 aromatic rings. The summed E-state index contributed by atoms with van der Waals surface area (Å²) in [6.07, 6.45) is -0.791. The summed E-state index contributed by atoms with van der Waals surface area (Å²) in [6.45, 7) is 5.54. The van der Waals surface area contributed by atoms with Crippen molar-refractivity contribution in [2.75, 3.05) is 16.8 Å². The number of aromatic nitrogens is 2. The number of hydrogen-bond acceptors (Lipinski definition) is 5. The van der Waals surface area contributed by atoms with E-state index >= 15 is 0 Å². The zero-order valence-corrected chi connectivity index (χ0v) is 16.6. The van der Waals surface area contributed by atoms with Crippen LogP contribution >= 0.6 is 0 Å². The van der Waals surface area contributed by atoms with E-state index in [0.29, 0.717) is 31.5 Å². The second-order valence-corrected chi connectivity index (χ2v) is 7.85. The Labute approximate surface area is 168 Å². The highest BCUT2D eigenvalue weighted by Gasteiger charge is 2.32. The lowest BCUT2D eigenvalue weighted by molar-refractivity contribution is -0.274. The highest BCUT2D eigenvalue weighted by molar-refractivity contribution is 5.53. The maximum Gasteiger partial charge on any atom is 0.573 e. The molecule has 0 unspecified atom stereocenters. The van der Waals surface area contributed by atoms with Gasteiger partial charge in [-0.05, 0) is 55.9 Å². The lowest BCUT2D eigenvalue weighted by atomic mass is 9.99. The molecule has 0 bridgehead atoms. The Hall–Kier alpha value is -2.51. The van der Waals surface area contributed by atoms with E-state index in [1.54, 1.807) is 6.07 Å². The molecule has 1 aliphatic carbocycles. The fourth-order valence-electron chi connectivity index (χ4n) is 3.49. The molecule has 156 valence electrons. The van der Waals surface area contributed by atoms with Gasteiger partial charge in [-0.25, -0.2) is 9.97 Å². The summed E-state index contributed by atoms with van der Waals surface area (Å²) >= 11 is 0. The van der Waals surface area contributed by atoms with Gasteiger partial charge in [-0.1, -0.05) is 13.0 Å². The molecule has 1 fully saturated rings. The Morgan fingerprint density at radius 3 is 2.69 bits per heavy atom. The monoisotopic (exact) mass is 406 g/mol. The van der Waals surface area contributed by atoms with Crippen molar-refractivity contribution < 1.29 is 17.9 Å². The molecule has 1 atom stereocenters. The summed E-state index contributed by atoms with van der Waals surface area (Å²) in [5, 5.41) is 3.44. The van der Waals surface area contributed by atoms with Gasteiger partial charge in [0.1, 0.15) is 23.2 Å². The molecule has 2 heterocycles. The van der Waals surface area contributed by atoms with Crippen molar-refractivity contribution >= 4 is 11.6 Å². The van der Waals surface area contributed by atoms with Gasteiger partial charge in [0.25, 0.3) is 0 Å². The normalized spacial score (nSPS) is 17.6. The minimum absolute atomic E-state index is 0.164. The molecule has 0 spiro atoms. The second-order valence-electron chi connectivity index (χ2n) is 7.85. The molecule has 1 aromatic heterocycles. The Bertz CT molecular complexity index is 883. The van der Waals surface area contributed by atoms with E-state index in [1.165, 1.54) is 12.1 Å². The fourth-order valence-corrected chi connectivity index (χ4v) is 3.49. The van der Waals surface area contributed by atoms with E-state index in [0.717, 1.165) is 47.8 Å². The summed E-state index contributed by atoms with van der Waals surface area (Å²) < 4.78 is 41.5. The maximum absolute atomic E-state index is 12.5. The van der Waals surface area contributed by atoms with Crippen molar-refractivity contribution in [2.24, 2.45) is 0 Å². The highest BCUT2D eigenvalue weighted by atomic mass is 19.4. The average Bonchev–Trinajstić information content (AvgIpc) is 3.51. The first-order chi connectivity index (χ1) is 13.8. The van der Waals surface area contributed by atoms with Crippen molar-refractivity contribution in [3.8, 4) is 5.75 Å². The van der Waals surface area contributed by atoms with Crippen molar-refractivity contribution in [2.45, 2.75) is 64.4 Å². The van der Waals surface area contributed by atoms with Crippen LogP contribution in [0.4, 0.5) is 24.8 Å². The Kier molecular flexibility index (Phi) is 5.27. The summed E-state index contributed by atoms with van der Waals surface area (Å²) in [6, 6.07) is 6.88. The van der Waals surface area contributed by atoms with Crippen LogP contribution in [0.1, 0.15) is 56.0 Å². The molecule has 5 nitrogen and oxygen atoms in total. The number of anilines is 2. The number of fused-ring (bicyclic) bond motifs is 1. The number of nitrogens with zero attached hydrogens (tertiary/aromatic N) is 3. The number of nitrogens with one attached hydrogen (secondary N) is 1. The molecule has 0 radical (unpaired) electrons. The SMILES string of the molecule is CC[C@H](C)Nc1cc(N2CCc3cc(OC(F)(F)F)ccc3C2)nc(C2CC2)n1. The Balaban J connectivity index is 1.55. The minimum atomic E-state index is -4.67. The van der Waals surface area contributed by atoms with Crippen LogP contribution < -0.4 is 15.0 Å². The van der Waals surface area contributed by atoms with Gasteiger partial charge >= 0.3 is 6.36 Å². The number of rotatable bonds is 6. The molecule has 1 aromatic carbocycles. The van der Waals surface area contributed by atoms with Gasteiger partial charge in [0.05, 0.1) is 0 Å². The largest absolute Gasteiger partial charge is 0.573 e. The van der Waals surface area contributed by atoms with Crippen molar-refractivity contribution in [3.63, 3.8) is 0 Å². The van der Waals surface area contributed by atoms with Gasteiger partial charge in [0.15, 0.2) is 0 Å². The standard InChI is InChI=1S/C21H25F3N4O/c1-3-13(2)25-18-11-19(27-20(26-18)14-4-5-14)28-9-8-15-10-17(29-21(22,23)24)7-6-16(15)12-28/h6-7,10-11,13-14H,3-5,8-9,12H2,1-2H3,(H,25,26,27)/t13-/m0/s1. The third-order valence-corrected chi connectivity index (χ3v) is 5.43. The van der Waals surface area contributed by atoms with Crippen molar-refractivity contribution in [1.29, 1.82) is 0 Å². The molecule has 8 heteroatoms. The van der Waals surface area contributed by atoms with Gasteiger partial charge in [0, 0.05) is 31.1 Å². The van der Waals surface area contributed by atoms with Crippen LogP contribution in [0.2, 0.25) is 0 Å². The van der Waals surface area contributed by atoms with Crippen LogP contribution in [0.15, 0.2) is 24.3 Å². The van der Waals surface area contributed by atoms with Crippen LogP contribution in [-0.2, 0) is 13.0 Å². The molecule has 0 amide bonds. The number of benzene rings is 1. The summed E-state index contributed by atoms with van der Waals surface area (Å²) in [4.78, 5) is 11.7. The Morgan fingerprint density at radius 2 is 2.00 bits per heavy atom. The second kappa shape index (κ2) is 7.72. The zero-order chi connectivity index (χ0) is 20.6. The quantitative estimate of drug-likeness (QED) is 0.730. The van der Waals surface area contributed by atoms with Crippen LogP contribution in [0, 0.1) is 0 Å². The molecule has 29 heavy (non-hydrogen) atoms. The van der Waals surface area contributed by atoms with Crippen LogP contribution in [0.5, 0.6) is 5.75 Å². The van der Waals surface area contributed by atoms with Crippen LogP contribution in [-0.4, -0.2) is 28.9 Å². The third kappa shape index (κ3) is 4.92. The molecule has 1 aliphatic heterocycles. The first-order valence-electron chi connectivity index (χ1n) is 10.1.